The highest BCUT2D eigenvalue weighted by Crippen LogP contribution is 2.33. The maximum absolute atomic E-state index is 12.5. The molecule has 0 aromatic carbocycles. The highest BCUT2D eigenvalue weighted by molar-refractivity contribution is 7.87. The molecule has 1 atom stereocenters. The molecule has 1 N–H and O–H groups in total. The monoisotopic (exact) mass is 325 g/mol. The highest BCUT2D eigenvalue weighted by Gasteiger charge is 2.36. The first-order valence-corrected chi connectivity index (χ1v) is 8.64. The van der Waals surface area contributed by atoms with Crippen LogP contribution < -0.4 is 4.72 Å². The molecular weight excluding hydrogens is 306 g/mol. The summed E-state index contributed by atoms with van der Waals surface area (Å²) in [5, 5.41) is 0. The normalized spacial score (nSPS) is 19.8. The third kappa shape index (κ3) is 2.94. The second-order valence-corrected chi connectivity index (χ2v) is 7.07. The van der Waals surface area contributed by atoms with Gasteiger partial charge in [-0.1, -0.05) is 0 Å². The molecule has 2 aromatic rings. The van der Waals surface area contributed by atoms with E-state index < -0.39 is 10.2 Å². The summed E-state index contributed by atoms with van der Waals surface area (Å²) in [5.41, 5.74) is 0.767. The lowest BCUT2D eigenvalue weighted by molar-refractivity contribution is 0.334. The molecule has 0 aliphatic carbocycles. The molecule has 1 aliphatic heterocycles. The topological polar surface area (TPSA) is 88.6 Å². The van der Waals surface area contributed by atoms with Gasteiger partial charge in [-0.25, -0.2) is 4.98 Å². The number of furan rings is 1. The van der Waals surface area contributed by atoms with E-state index in [0.29, 0.717) is 24.0 Å². The van der Waals surface area contributed by atoms with Gasteiger partial charge in [-0.3, -0.25) is 0 Å². The van der Waals surface area contributed by atoms with Crippen molar-refractivity contribution in [2.24, 2.45) is 0 Å². The molecular formula is C14H19N3O4S. The Bertz CT molecular complexity index is 717. The fourth-order valence-corrected chi connectivity index (χ4v) is 4.03. The van der Waals surface area contributed by atoms with Crippen molar-refractivity contribution in [2.75, 3.05) is 6.54 Å². The largest absolute Gasteiger partial charge is 0.468 e. The van der Waals surface area contributed by atoms with Gasteiger partial charge in [-0.05, 0) is 38.8 Å². The van der Waals surface area contributed by atoms with Crippen LogP contribution in [-0.2, 0) is 16.8 Å². The number of hydrogen-bond donors (Lipinski definition) is 1. The Morgan fingerprint density at radius 3 is 2.91 bits per heavy atom. The van der Waals surface area contributed by atoms with E-state index in [2.05, 4.69) is 9.71 Å². The van der Waals surface area contributed by atoms with Crippen LogP contribution in [0.25, 0.3) is 0 Å². The number of aromatic nitrogens is 1. The zero-order chi connectivity index (χ0) is 15.7. The first kappa shape index (κ1) is 15.3. The lowest BCUT2D eigenvalue weighted by atomic mass is 10.2. The molecule has 8 heteroatoms. The van der Waals surface area contributed by atoms with Gasteiger partial charge in [0, 0.05) is 6.54 Å². The Kier molecular flexibility index (Phi) is 4.07. The molecule has 1 saturated heterocycles. The summed E-state index contributed by atoms with van der Waals surface area (Å²) in [5.74, 6) is 1.74. The van der Waals surface area contributed by atoms with Gasteiger partial charge in [-0.2, -0.15) is 17.4 Å². The average molecular weight is 325 g/mol. The third-order valence-electron chi connectivity index (χ3n) is 3.86. The third-order valence-corrected chi connectivity index (χ3v) is 5.43. The number of oxazole rings is 1. The summed E-state index contributed by atoms with van der Waals surface area (Å²) in [4.78, 5) is 4.18. The molecule has 1 aliphatic rings. The van der Waals surface area contributed by atoms with Gasteiger partial charge in [0.25, 0.3) is 10.2 Å². The van der Waals surface area contributed by atoms with Crippen LogP contribution in [0, 0.1) is 13.8 Å². The minimum absolute atomic E-state index is 0.0401. The first-order chi connectivity index (χ1) is 10.5. The van der Waals surface area contributed by atoms with Crippen LogP contribution in [-0.4, -0.2) is 24.3 Å². The number of nitrogens with zero attached hydrogens (tertiary/aromatic N) is 2. The lowest BCUT2D eigenvalue weighted by Crippen LogP contribution is -2.39. The number of aryl methyl sites for hydroxylation is 2. The zero-order valence-corrected chi connectivity index (χ0v) is 13.4. The van der Waals surface area contributed by atoms with Crippen molar-refractivity contribution >= 4 is 10.2 Å². The molecule has 1 unspecified atom stereocenters. The van der Waals surface area contributed by atoms with Crippen LogP contribution in [0.4, 0.5) is 0 Å². The van der Waals surface area contributed by atoms with E-state index in [1.54, 1.807) is 25.3 Å². The van der Waals surface area contributed by atoms with Gasteiger partial charge in [-0.15, -0.1) is 0 Å². The Morgan fingerprint density at radius 2 is 2.27 bits per heavy atom. The van der Waals surface area contributed by atoms with Crippen molar-refractivity contribution in [2.45, 2.75) is 39.3 Å². The fraction of sp³-hybridized carbons (Fsp3) is 0.500. The number of nitrogens with one attached hydrogen (secondary N) is 1. The summed E-state index contributed by atoms with van der Waals surface area (Å²) < 4.78 is 39.8. The minimum Gasteiger partial charge on any atom is -0.468 e. The van der Waals surface area contributed by atoms with Gasteiger partial charge in [0.2, 0.25) is 5.89 Å². The van der Waals surface area contributed by atoms with Crippen molar-refractivity contribution in [3.05, 3.63) is 41.5 Å². The van der Waals surface area contributed by atoms with Gasteiger partial charge < -0.3 is 8.83 Å². The van der Waals surface area contributed by atoms with E-state index in [9.17, 15) is 8.42 Å². The molecule has 0 saturated carbocycles. The molecule has 22 heavy (non-hydrogen) atoms. The van der Waals surface area contributed by atoms with E-state index in [-0.39, 0.29) is 12.6 Å². The van der Waals surface area contributed by atoms with Crippen molar-refractivity contribution in [1.82, 2.24) is 14.0 Å². The van der Waals surface area contributed by atoms with E-state index in [1.165, 1.54) is 4.31 Å². The summed E-state index contributed by atoms with van der Waals surface area (Å²) in [6.45, 7) is 4.14. The smallest absolute Gasteiger partial charge is 0.280 e. The van der Waals surface area contributed by atoms with Crippen LogP contribution in [0.5, 0.6) is 0 Å². The quantitative estimate of drug-likeness (QED) is 0.909. The Hall–Kier alpha value is -1.64. The van der Waals surface area contributed by atoms with Crippen LogP contribution in [0.1, 0.15) is 42.0 Å². The summed E-state index contributed by atoms with van der Waals surface area (Å²) in [7, 11) is -3.61. The molecule has 3 rings (SSSR count). The van der Waals surface area contributed by atoms with Crippen molar-refractivity contribution in [3.8, 4) is 0 Å². The van der Waals surface area contributed by atoms with Crippen LogP contribution in [0.3, 0.4) is 0 Å². The van der Waals surface area contributed by atoms with Crippen LogP contribution in [0.15, 0.2) is 27.2 Å². The van der Waals surface area contributed by atoms with Crippen molar-refractivity contribution in [3.63, 3.8) is 0 Å². The zero-order valence-electron chi connectivity index (χ0n) is 12.6. The van der Waals surface area contributed by atoms with Gasteiger partial charge in [0.1, 0.15) is 11.5 Å². The number of rotatable bonds is 5. The lowest BCUT2D eigenvalue weighted by Gasteiger charge is -2.22. The van der Waals surface area contributed by atoms with Gasteiger partial charge >= 0.3 is 0 Å². The molecule has 3 heterocycles. The van der Waals surface area contributed by atoms with E-state index in [1.807, 2.05) is 6.92 Å². The van der Waals surface area contributed by atoms with Crippen molar-refractivity contribution in [1.29, 1.82) is 0 Å². The second kappa shape index (κ2) is 5.86. The van der Waals surface area contributed by atoms with Gasteiger partial charge in [0.15, 0.2) is 0 Å². The maximum Gasteiger partial charge on any atom is 0.280 e. The van der Waals surface area contributed by atoms with E-state index in [0.717, 1.165) is 18.5 Å². The Morgan fingerprint density at radius 1 is 1.45 bits per heavy atom. The molecule has 0 spiro atoms. The molecule has 0 radical (unpaired) electrons. The van der Waals surface area contributed by atoms with Crippen LogP contribution in [0.2, 0.25) is 0 Å². The summed E-state index contributed by atoms with van der Waals surface area (Å²) >= 11 is 0. The van der Waals surface area contributed by atoms with Crippen molar-refractivity contribution < 1.29 is 17.3 Å². The maximum atomic E-state index is 12.5. The average Bonchev–Trinajstić information content (AvgIpc) is 3.17. The minimum atomic E-state index is -3.61. The molecule has 1 fully saturated rings. The summed E-state index contributed by atoms with van der Waals surface area (Å²) in [6.07, 6.45) is 3.12. The first-order valence-electron chi connectivity index (χ1n) is 7.20. The standard InChI is InChI=1S/C14H19N3O4S/c1-10-11(2)21-14(16-10)9-15-22(18,19)17-7-3-5-12(17)13-6-4-8-20-13/h4,6,8,12,15H,3,5,7,9H2,1-2H3. The molecule has 2 aromatic heterocycles. The van der Waals surface area contributed by atoms with E-state index >= 15 is 0 Å². The second-order valence-electron chi connectivity index (χ2n) is 5.36. The fourth-order valence-electron chi connectivity index (χ4n) is 2.64. The number of hydrogen-bond acceptors (Lipinski definition) is 5. The highest BCUT2D eigenvalue weighted by atomic mass is 32.2. The summed E-state index contributed by atoms with van der Waals surface area (Å²) in [6, 6.07) is 3.32. The Labute approximate surface area is 129 Å². The molecule has 7 nitrogen and oxygen atoms in total. The molecule has 120 valence electrons. The predicted molar refractivity (Wildman–Crippen MR) is 79.1 cm³/mol. The molecule has 0 amide bonds. The van der Waals surface area contributed by atoms with E-state index in [4.69, 9.17) is 8.83 Å². The van der Waals surface area contributed by atoms with Gasteiger partial charge in [0.05, 0.1) is 24.5 Å². The van der Waals surface area contributed by atoms with Crippen LogP contribution >= 0.6 is 0 Å². The molecule has 0 bridgehead atoms. The SMILES string of the molecule is Cc1nc(CNS(=O)(=O)N2CCCC2c2ccco2)oc1C. The predicted octanol–water partition coefficient (Wildman–Crippen LogP) is 2.06. The Balaban J connectivity index is 1.72.